The Balaban J connectivity index is 3.23. The smallest absolute Gasteiger partial charge is 0.377 e. The van der Waals surface area contributed by atoms with Crippen molar-refractivity contribution in [2.45, 2.75) is 6.92 Å². The molecule has 16 heavy (non-hydrogen) atoms. The van der Waals surface area contributed by atoms with Crippen molar-refractivity contribution < 1.29 is 24.2 Å². The van der Waals surface area contributed by atoms with Gasteiger partial charge in [0.1, 0.15) is 0 Å². The highest BCUT2D eigenvalue weighted by Gasteiger charge is 2.21. The molecule has 1 aromatic rings. The van der Waals surface area contributed by atoms with Crippen molar-refractivity contribution in [2.75, 3.05) is 13.7 Å². The summed E-state index contributed by atoms with van der Waals surface area (Å²) in [7, 11) is 1.36. The zero-order valence-corrected chi connectivity index (χ0v) is 9.02. The third-order valence-corrected chi connectivity index (χ3v) is 1.92. The van der Waals surface area contributed by atoms with Gasteiger partial charge >= 0.3 is 5.97 Å². The number of carbonyl (C=O) groups is 2. The van der Waals surface area contributed by atoms with Gasteiger partial charge in [-0.2, -0.15) is 0 Å². The van der Waals surface area contributed by atoms with Gasteiger partial charge < -0.3 is 14.6 Å². The molecule has 5 nitrogen and oxygen atoms in total. The number of carboxylic acid groups (broad SMARTS) is 1. The van der Waals surface area contributed by atoms with E-state index in [2.05, 4.69) is 0 Å². The fraction of sp³-hybridized carbons (Fsp3) is 0.273. The molecule has 1 aromatic carbocycles. The van der Waals surface area contributed by atoms with E-state index < -0.39 is 11.8 Å². The largest absolute Gasteiger partial charge is 0.492 e. The molecule has 1 rings (SSSR count). The summed E-state index contributed by atoms with van der Waals surface area (Å²) >= 11 is 0. The Morgan fingerprint density at radius 3 is 2.56 bits per heavy atom. The average Bonchev–Trinajstić information content (AvgIpc) is 2.28. The standard InChI is InChI=1S/C11H12O5/c1-3-16-8-6-4-5-7(10(8)15-2)9(12)11(13)14/h4-6H,3H2,1-2H3,(H,13,14). The van der Waals surface area contributed by atoms with Crippen LogP contribution >= 0.6 is 0 Å². The van der Waals surface area contributed by atoms with Crippen molar-refractivity contribution in [3.05, 3.63) is 23.8 Å². The zero-order valence-electron chi connectivity index (χ0n) is 9.02. The van der Waals surface area contributed by atoms with Crippen LogP contribution in [0.5, 0.6) is 11.5 Å². The Hall–Kier alpha value is -2.04. The van der Waals surface area contributed by atoms with Gasteiger partial charge in [-0.1, -0.05) is 6.07 Å². The number of carboxylic acids is 1. The summed E-state index contributed by atoms with van der Waals surface area (Å²) in [4.78, 5) is 21.9. The molecule has 0 aromatic heterocycles. The van der Waals surface area contributed by atoms with Gasteiger partial charge in [-0.05, 0) is 19.1 Å². The third kappa shape index (κ3) is 2.31. The number of Topliss-reactive ketones (excluding diaryl/α,β-unsaturated/α-hetero) is 1. The van der Waals surface area contributed by atoms with E-state index in [-0.39, 0.29) is 11.3 Å². The van der Waals surface area contributed by atoms with Gasteiger partial charge in [-0.25, -0.2) is 4.79 Å². The third-order valence-electron chi connectivity index (χ3n) is 1.92. The predicted octanol–water partition coefficient (Wildman–Crippen LogP) is 1.36. The van der Waals surface area contributed by atoms with Gasteiger partial charge in [0.25, 0.3) is 5.78 Å². The molecule has 0 aliphatic heterocycles. The van der Waals surface area contributed by atoms with E-state index in [1.807, 2.05) is 0 Å². The highest BCUT2D eigenvalue weighted by molar-refractivity contribution is 6.40. The molecule has 0 aliphatic carbocycles. The number of ketones is 1. The SMILES string of the molecule is CCOc1cccc(C(=O)C(=O)O)c1OC. The minimum atomic E-state index is -1.52. The van der Waals surface area contributed by atoms with Crippen molar-refractivity contribution >= 4 is 11.8 Å². The van der Waals surface area contributed by atoms with Crippen LogP contribution in [-0.4, -0.2) is 30.6 Å². The van der Waals surface area contributed by atoms with E-state index in [0.717, 1.165) is 0 Å². The summed E-state index contributed by atoms with van der Waals surface area (Å²) in [5.74, 6) is -2.03. The molecule has 86 valence electrons. The lowest BCUT2D eigenvalue weighted by Crippen LogP contribution is -2.14. The van der Waals surface area contributed by atoms with Crippen molar-refractivity contribution in [3.63, 3.8) is 0 Å². The molecular weight excluding hydrogens is 212 g/mol. The molecule has 0 unspecified atom stereocenters. The van der Waals surface area contributed by atoms with E-state index in [4.69, 9.17) is 14.6 Å². The Labute approximate surface area is 92.6 Å². The van der Waals surface area contributed by atoms with Gasteiger partial charge in [0.15, 0.2) is 11.5 Å². The van der Waals surface area contributed by atoms with Crippen LogP contribution in [0.4, 0.5) is 0 Å². The van der Waals surface area contributed by atoms with Gasteiger partial charge in [-0.15, -0.1) is 0 Å². The van der Waals surface area contributed by atoms with Crippen LogP contribution in [0.3, 0.4) is 0 Å². The summed E-state index contributed by atoms with van der Waals surface area (Å²) in [6, 6.07) is 4.54. The first-order chi connectivity index (χ1) is 7.61. The summed E-state index contributed by atoms with van der Waals surface area (Å²) in [6.45, 7) is 2.19. The second-order valence-electron chi connectivity index (χ2n) is 2.90. The average molecular weight is 224 g/mol. The van der Waals surface area contributed by atoms with Gasteiger partial charge in [-0.3, -0.25) is 4.79 Å². The van der Waals surface area contributed by atoms with E-state index in [0.29, 0.717) is 12.4 Å². The summed E-state index contributed by atoms with van der Waals surface area (Å²) in [6.07, 6.45) is 0. The maximum Gasteiger partial charge on any atom is 0.377 e. The van der Waals surface area contributed by atoms with Gasteiger partial charge in [0.2, 0.25) is 0 Å². The number of carbonyl (C=O) groups excluding carboxylic acids is 1. The maximum atomic E-state index is 11.3. The summed E-state index contributed by atoms with van der Waals surface area (Å²) < 4.78 is 10.2. The highest BCUT2D eigenvalue weighted by atomic mass is 16.5. The molecule has 0 atom stereocenters. The second-order valence-corrected chi connectivity index (χ2v) is 2.90. The molecule has 0 aliphatic rings. The summed E-state index contributed by atoms with van der Waals surface area (Å²) in [5, 5.41) is 8.63. The molecule has 0 amide bonds. The fourth-order valence-corrected chi connectivity index (χ4v) is 1.29. The molecule has 0 saturated carbocycles. The minimum Gasteiger partial charge on any atom is -0.492 e. The molecular formula is C11H12O5. The number of aliphatic carboxylic acids is 1. The second kappa shape index (κ2) is 5.16. The van der Waals surface area contributed by atoms with Crippen molar-refractivity contribution in [3.8, 4) is 11.5 Å². The van der Waals surface area contributed by atoms with Gasteiger partial charge in [0.05, 0.1) is 19.3 Å². The topological polar surface area (TPSA) is 72.8 Å². The van der Waals surface area contributed by atoms with Crippen LogP contribution in [0.1, 0.15) is 17.3 Å². The zero-order chi connectivity index (χ0) is 12.1. The molecule has 0 radical (unpaired) electrons. The maximum absolute atomic E-state index is 11.3. The molecule has 1 N–H and O–H groups in total. The molecule has 0 fully saturated rings. The monoisotopic (exact) mass is 224 g/mol. The number of ether oxygens (including phenoxy) is 2. The Kier molecular flexibility index (Phi) is 3.88. The predicted molar refractivity (Wildman–Crippen MR) is 56.1 cm³/mol. The number of hydrogen-bond acceptors (Lipinski definition) is 4. The van der Waals surface area contributed by atoms with E-state index in [1.54, 1.807) is 19.1 Å². The van der Waals surface area contributed by atoms with Crippen LogP contribution in [0, 0.1) is 0 Å². The normalized spacial score (nSPS) is 9.62. The van der Waals surface area contributed by atoms with Gasteiger partial charge in [0, 0.05) is 0 Å². The first-order valence-corrected chi connectivity index (χ1v) is 4.69. The van der Waals surface area contributed by atoms with Crippen molar-refractivity contribution in [1.82, 2.24) is 0 Å². The van der Waals surface area contributed by atoms with Crippen LogP contribution in [0.15, 0.2) is 18.2 Å². The Bertz CT molecular complexity index is 411. The summed E-state index contributed by atoms with van der Waals surface area (Å²) in [5.41, 5.74) is -0.0130. The number of methoxy groups -OCH3 is 1. The van der Waals surface area contributed by atoms with E-state index in [9.17, 15) is 9.59 Å². The minimum absolute atomic E-state index is 0.0130. The fourth-order valence-electron chi connectivity index (χ4n) is 1.29. The number of para-hydroxylation sites is 1. The molecule has 0 heterocycles. The first kappa shape index (κ1) is 12.0. The number of hydrogen-bond donors (Lipinski definition) is 1. The lowest BCUT2D eigenvalue weighted by Gasteiger charge is -2.11. The number of rotatable bonds is 5. The molecule has 0 saturated heterocycles. The molecule has 0 bridgehead atoms. The van der Waals surface area contributed by atoms with E-state index >= 15 is 0 Å². The molecule has 0 spiro atoms. The first-order valence-electron chi connectivity index (χ1n) is 4.69. The lowest BCUT2D eigenvalue weighted by molar-refractivity contribution is -0.131. The highest BCUT2D eigenvalue weighted by Crippen LogP contribution is 2.31. The Morgan fingerprint density at radius 2 is 2.06 bits per heavy atom. The van der Waals surface area contributed by atoms with Crippen LogP contribution in [-0.2, 0) is 4.79 Å². The molecule has 5 heteroatoms. The van der Waals surface area contributed by atoms with Crippen molar-refractivity contribution in [1.29, 1.82) is 0 Å². The number of benzene rings is 1. The lowest BCUT2D eigenvalue weighted by atomic mass is 10.1. The van der Waals surface area contributed by atoms with Crippen LogP contribution < -0.4 is 9.47 Å². The Morgan fingerprint density at radius 1 is 1.38 bits per heavy atom. The quantitative estimate of drug-likeness (QED) is 0.604. The van der Waals surface area contributed by atoms with E-state index in [1.165, 1.54) is 13.2 Å². The van der Waals surface area contributed by atoms with Crippen LogP contribution in [0.25, 0.3) is 0 Å². The van der Waals surface area contributed by atoms with Crippen molar-refractivity contribution in [2.24, 2.45) is 0 Å². The van der Waals surface area contributed by atoms with Crippen LogP contribution in [0.2, 0.25) is 0 Å².